The maximum atomic E-state index is 13.9. The first-order valence-corrected chi connectivity index (χ1v) is 6.45. The van der Waals surface area contributed by atoms with Crippen molar-refractivity contribution in [2.45, 2.75) is 0 Å². The summed E-state index contributed by atoms with van der Waals surface area (Å²) < 4.78 is 20.2. The van der Waals surface area contributed by atoms with Crippen LogP contribution in [0.25, 0.3) is 11.1 Å². The highest BCUT2D eigenvalue weighted by atomic mass is 35.5. The summed E-state index contributed by atoms with van der Waals surface area (Å²) in [5.74, 6) is -1.81. The van der Waals surface area contributed by atoms with Crippen molar-refractivity contribution in [3.63, 3.8) is 0 Å². The second-order valence-electron chi connectivity index (χ2n) is 4.54. The van der Waals surface area contributed by atoms with Gasteiger partial charge in [0.1, 0.15) is 0 Å². The van der Waals surface area contributed by atoms with Gasteiger partial charge in [-0.15, -0.1) is 0 Å². The summed E-state index contributed by atoms with van der Waals surface area (Å²) in [5.41, 5.74) is 0.928. The van der Waals surface area contributed by atoms with E-state index in [2.05, 4.69) is 0 Å². The van der Waals surface area contributed by atoms with Crippen LogP contribution in [0.15, 0.2) is 45.6 Å². The lowest BCUT2D eigenvalue weighted by molar-refractivity contribution is 0.103. The highest BCUT2D eigenvalue weighted by Crippen LogP contribution is 2.22. The highest BCUT2D eigenvalue weighted by molar-refractivity contribution is 6.31. The van der Waals surface area contributed by atoms with Gasteiger partial charge in [-0.1, -0.05) is 17.7 Å². The summed E-state index contributed by atoms with van der Waals surface area (Å²) in [6.45, 7) is 0. The number of oxazole rings is 1. The van der Waals surface area contributed by atoms with Crippen LogP contribution < -0.4 is 5.76 Å². The zero-order chi connectivity index (χ0) is 15.1. The molecule has 4 nitrogen and oxygen atoms in total. The molecule has 0 unspecified atom stereocenters. The Balaban J connectivity index is 2.14. The number of halogens is 2. The van der Waals surface area contributed by atoms with E-state index in [0.717, 1.165) is 0 Å². The Kier molecular flexibility index (Phi) is 3.14. The normalized spacial score (nSPS) is 11.0. The number of benzene rings is 2. The van der Waals surface area contributed by atoms with Crippen LogP contribution in [0.3, 0.4) is 0 Å². The van der Waals surface area contributed by atoms with Crippen molar-refractivity contribution >= 4 is 28.5 Å². The maximum Gasteiger partial charge on any atom is 0.419 e. The maximum absolute atomic E-state index is 13.9. The second kappa shape index (κ2) is 4.86. The molecule has 0 amide bonds. The van der Waals surface area contributed by atoms with Crippen molar-refractivity contribution < 1.29 is 13.6 Å². The molecule has 106 valence electrons. The fraction of sp³-hybridized carbons (Fsp3) is 0.0667. The first-order valence-electron chi connectivity index (χ1n) is 6.07. The number of rotatable bonds is 2. The molecule has 0 bridgehead atoms. The van der Waals surface area contributed by atoms with Gasteiger partial charge in [-0.2, -0.15) is 0 Å². The van der Waals surface area contributed by atoms with Gasteiger partial charge in [0.2, 0.25) is 0 Å². The Hall–Kier alpha value is -2.40. The number of aryl methyl sites for hydroxylation is 1. The van der Waals surface area contributed by atoms with E-state index >= 15 is 0 Å². The van der Waals surface area contributed by atoms with Gasteiger partial charge < -0.3 is 4.42 Å². The Morgan fingerprint density at radius 1 is 1.29 bits per heavy atom. The summed E-state index contributed by atoms with van der Waals surface area (Å²) in [7, 11) is 1.56. The molecule has 3 aromatic rings. The van der Waals surface area contributed by atoms with Crippen molar-refractivity contribution in [1.82, 2.24) is 4.57 Å². The summed E-state index contributed by atoms with van der Waals surface area (Å²) in [6.07, 6.45) is 0. The van der Waals surface area contributed by atoms with Gasteiger partial charge in [0.25, 0.3) is 0 Å². The average molecular weight is 306 g/mol. The second-order valence-corrected chi connectivity index (χ2v) is 4.95. The van der Waals surface area contributed by atoms with E-state index in [9.17, 15) is 14.0 Å². The quantitative estimate of drug-likeness (QED) is 0.683. The summed E-state index contributed by atoms with van der Waals surface area (Å²) in [6, 6.07) is 8.73. The molecule has 0 fully saturated rings. The van der Waals surface area contributed by atoms with Gasteiger partial charge in [-0.05, 0) is 30.3 Å². The number of hydrogen-bond acceptors (Lipinski definition) is 3. The van der Waals surface area contributed by atoms with E-state index in [-0.39, 0.29) is 21.7 Å². The topological polar surface area (TPSA) is 52.2 Å². The molecule has 0 aliphatic carbocycles. The summed E-state index contributed by atoms with van der Waals surface area (Å²) in [4.78, 5) is 23.8. The number of ketones is 1. The smallest absolute Gasteiger partial charge is 0.408 e. The van der Waals surface area contributed by atoms with Gasteiger partial charge in [-0.3, -0.25) is 9.36 Å². The number of aromatic nitrogens is 1. The molecule has 0 saturated carbocycles. The predicted molar refractivity (Wildman–Crippen MR) is 76.3 cm³/mol. The van der Waals surface area contributed by atoms with Crippen LogP contribution in [0.4, 0.5) is 4.39 Å². The molecular weight excluding hydrogens is 297 g/mol. The van der Waals surface area contributed by atoms with Crippen molar-refractivity contribution in [1.29, 1.82) is 0 Å². The van der Waals surface area contributed by atoms with Gasteiger partial charge in [0, 0.05) is 12.6 Å². The molecule has 0 spiro atoms. The third-order valence-corrected chi connectivity index (χ3v) is 3.54. The minimum absolute atomic E-state index is 0.117. The molecule has 0 atom stereocenters. The Bertz CT molecular complexity index is 926. The molecular formula is C15H9ClFNO3. The fourth-order valence-corrected chi connectivity index (χ4v) is 2.28. The molecule has 2 aromatic carbocycles. The van der Waals surface area contributed by atoms with Crippen LogP contribution in [-0.4, -0.2) is 10.4 Å². The Morgan fingerprint density at radius 2 is 2.05 bits per heavy atom. The van der Waals surface area contributed by atoms with Crippen LogP contribution >= 0.6 is 11.6 Å². The number of nitrogens with zero attached hydrogens (tertiary/aromatic N) is 1. The van der Waals surface area contributed by atoms with Crippen molar-refractivity contribution in [2.24, 2.45) is 7.05 Å². The van der Waals surface area contributed by atoms with Crippen LogP contribution in [0, 0.1) is 5.82 Å². The van der Waals surface area contributed by atoms with E-state index in [0.29, 0.717) is 5.52 Å². The van der Waals surface area contributed by atoms with Gasteiger partial charge in [0.15, 0.2) is 17.2 Å². The molecule has 6 heteroatoms. The minimum Gasteiger partial charge on any atom is -0.408 e. The third-order valence-electron chi connectivity index (χ3n) is 3.25. The van der Waals surface area contributed by atoms with Gasteiger partial charge >= 0.3 is 5.76 Å². The molecule has 0 saturated heterocycles. The first kappa shape index (κ1) is 13.6. The van der Waals surface area contributed by atoms with E-state index in [1.165, 1.54) is 34.9 Å². The number of carbonyl (C=O) groups excluding carboxylic acids is 1. The number of carbonyl (C=O) groups is 1. The molecule has 21 heavy (non-hydrogen) atoms. The predicted octanol–water partition coefficient (Wildman–Crippen LogP) is 3.16. The van der Waals surface area contributed by atoms with E-state index in [4.69, 9.17) is 16.0 Å². The number of fused-ring (bicyclic) bond motifs is 1. The molecule has 1 aromatic heterocycles. The van der Waals surface area contributed by atoms with Crippen LogP contribution in [-0.2, 0) is 7.05 Å². The summed E-state index contributed by atoms with van der Waals surface area (Å²) in [5, 5.41) is -0.117. The Labute approximate surface area is 123 Å². The largest absolute Gasteiger partial charge is 0.419 e. The van der Waals surface area contributed by atoms with Gasteiger partial charge in [-0.25, -0.2) is 9.18 Å². The van der Waals surface area contributed by atoms with Crippen molar-refractivity contribution in [3.8, 4) is 0 Å². The van der Waals surface area contributed by atoms with Crippen LogP contribution in [0.2, 0.25) is 5.02 Å². The SMILES string of the molecule is Cn1c(=O)oc2cc(C(=O)c3cccc(Cl)c3F)ccc21. The average Bonchev–Trinajstić information content (AvgIpc) is 2.76. The van der Waals surface area contributed by atoms with Gasteiger partial charge in [0.05, 0.1) is 16.1 Å². The monoisotopic (exact) mass is 305 g/mol. The minimum atomic E-state index is -0.765. The first-order chi connectivity index (χ1) is 9.99. The molecule has 3 rings (SSSR count). The van der Waals surface area contributed by atoms with Crippen LogP contribution in [0.5, 0.6) is 0 Å². The zero-order valence-corrected chi connectivity index (χ0v) is 11.6. The molecule has 0 N–H and O–H groups in total. The lowest BCUT2D eigenvalue weighted by atomic mass is 10.0. The van der Waals surface area contributed by atoms with Crippen molar-refractivity contribution in [2.75, 3.05) is 0 Å². The van der Waals surface area contributed by atoms with E-state index in [1.807, 2.05) is 0 Å². The molecule has 0 radical (unpaired) electrons. The lowest BCUT2D eigenvalue weighted by Gasteiger charge is -2.04. The fourth-order valence-electron chi connectivity index (χ4n) is 2.11. The zero-order valence-electron chi connectivity index (χ0n) is 10.9. The Morgan fingerprint density at radius 3 is 2.81 bits per heavy atom. The molecule has 0 aliphatic heterocycles. The summed E-state index contributed by atoms with van der Waals surface area (Å²) >= 11 is 5.67. The van der Waals surface area contributed by atoms with E-state index in [1.54, 1.807) is 13.1 Å². The lowest BCUT2D eigenvalue weighted by Crippen LogP contribution is -2.08. The highest BCUT2D eigenvalue weighted by Gasteiger charge is 2.17. The molecule has 1 heterocycles. The number of hydrogen-bond donors (Lipinski definition) is 0. The van der Waals surface area contributed by atoms with Crippen molar-refractivity contribution in [3.05, 3.63) is 68.9 Å². The third kappa shape index (κ3) is 2.15. The van der Waals surface area contributed by atoms with E-state index < -0.39 is 17.4 Å². The van der Waals surface area contributed by atoms with Crippen LogP contribution in [0.1, 0.15) is 15.9 Å². The standard InChI is InChI=1S/C15H9ClFNO3/c1-18-11-6-5-8(7-12(11)21-15(18)20)14(19)9-3-2-4-10(16)13(9)17/h2-7H,1H3. The molecule has 0 aliphatic rings.